The minimum absolute atomic E-state index is 0.0579. The van der Waals surface area contributed by atoms with Crippen molar-refractivity contribution < 1.29 is 4.79 Å². The standard InChI is InChI=1S/C15H18N2O/c1-11-5-6-12(4-3-9-16)14(10-11)15(18)17(2)13-7-8-13/h5-6,10,13H,7-9,16H2,1-2H3. The van der Waals surface area contributed by atoms with Crippen LogP contribution in [0.2, 0.25) is 0 Å². The van der Waals surface area contributed by atoms with Crippen molar-refractivity contribution in [1.82, 2.24) is 4.90 Å². The topological polar surface area (TPSA) is 46.3 Å². The molecule has 0 aromatic heterocycles. The first kappa shape index (κ1) is 12.7. The van der Waals surface area contributed by atoms with E-state index < -0.39 is 0 Å². The zero-order chi connectivity index (χ0) is 13.1. The SMILES string of the molecule is Cc1ccc(C#CCN)c(C(=O)N(C)C2CC2)c1. The Bertz CT molecular complexity index is 521. The second-order valence-corrected chi connectivity index (χ2v) is 4.70. The summed E-state index contributed by atoms with van der Waals surface area (Å²) >= 11 is 0. The van der Waals surface area contributed by atoms with Gasteiger partial charge in [-0.1, -0.05) is 23.5 Å². The van der Waals surface area contributed by atoms with Gasteiger partial charge in [0.05, 0.1) is 12.1 Å². The maximum atomic E-state index is 12.4. The third-order valence-corrected chi connectivity index (χ3v) is 3.15. The zero-order valence-corrected chi connectivity index (χ0v) is 10.9. The Morgan fingerprint density at radius 3 is 2.83 bits per heavy atom. The second-order valence-electron chi connectivity index (χ2n) is 4.70. The molecule has 0 bridgehead atoms. The summed E-state index contributed by atoms with van der Waals surface area (Å²) in [6, 6.07) is 6.18. The molecule has 0 unspecified atom stereocenters. The van der Waals surface area contributed by atoms with Gasteiger partial charge in [-0.05, 0) is 31.9 Å². The summed E-state index contributed by atoms with van der Waals surface area (Å²) in [5.41, 5.74) is 7.90. The van der Waals surface area contributed by atoms with Crippen molar-refractivity contribution in [2.24, 2.45) is 5.73 Å². The van der Waals surface area contributed by atoms with Crippen LogP contribution in [0, 0.1) is 18.8 Å². The van der Waals surface area contributed by atoms with Crippen LogP contribution in [0.1, 0.15) is 34.3 Å². The molecule has 1 aliphatic rings. The van der Waals surface area contributed by atoms with Crippen LogP contribution in [-0.4, -0.2) is 30.4 Å². The summed E-state index contributed by atoms with van der Waals surface area (Å²) in [5.74, 6) is 5.84. The number of benzene rings is 1. The van der Waals surface area contributed by atoms with Gasteiger partial charge in [0.15, 0.2) is 0 Å². The average molecular weight is 242 g/mol. The molecule has 1 fully saturated rings. The van der Waals surface area contributed by atoms with Crippen molar-refractivity contribution in [3.63, 3.8) is 0 Å². The highest BCUT2D eigenvalue weighted by atomic mass is 16.2. The van der Waals surface area contributed by atoms with Gasteiger partial charge in [-0.25, -0.2) is 0 Å². The summed E-state index contributed by atoms with van der Waals surface area (Å²) in [6.07, 6.45) is 2.22. The maximum Gasteiger partial charge on any atom is 0.255 e. The Morgan fingerprint density at radius 1 is 1.50 bits per heavy atom. The van der Waals surface area contributed by atoms with E-state index in [1.165, 1.54) is 0 Å². The summed E-state index contributed by atoms with van der Waals surface area (Å²) < 4.78 is 0. The molecule has 1 aromatic rings. The van der Waals surface area contributed by atoms with E-state index in [4.69, 9.17) is 5.73 Å². The van der Waals surface area contributed by atoms with E-state index in [2.05, 4.69) is 11.8 Å². The fourth-order valence-electron chi connectivity index (χ4n) is 1.91. The van der Waals surface area contributed by atoms with Gasteiger partial charge >= 0.3 is 0 Å². The highest BCUT2D eigenvalue weighted by Gasteiger charge is 2.30. The number of hydrogen-bond donors (Lipinski definition) is 1. The van der Waals surface area contributed by atoms with E-state index in [-0.39, 0.29) is 5.91 Å². The first-order valence-corrected chi connectivity index (χ1v) is 6.20. The van der Waals surface area contributed by atoms with Crippen LogP contribution in [0.5, 0.6) is 0 Å². The molecule has 0 radical (unpaired) electrons. The van der Waals surface area contributed by atoms with Crippen molar-refractivity contribution >= 4 is 5.91 Å². The zero-order valence-electron chi connectivity index (χ0n) is 10.9. The van der Waals surface area contributed by atoms with Crippen molar-refractivity contribution in [2.45, 2.75) is 25.8 Å². The molecule has 0 spiro atoms. The molecule has 0 aliphatic heterocycles. The lowest BCUT2D eigenvalue weighted by molar-refractivity contribution is 0.0784. The number of carbonyl (C=O) groups is 1. The van der Waals surface area contributed by atoms with Gasteiger partial charge in [-0.3, -0.25) is 4.79 Å². The number of rotatable bonds is 2. The Labute approximate surface area is 108 Å². The van der Waals surface area contributed by atoms with Crippen molar-refractivity contribution in [3.8, 4) is 11.8 Å². The Kier molecular flexibility index (Phi) is 3.69. The molecular weight excluding hydrogens is 224 g/mol. The summed E-state index contributed by atoms with van der Waals surface area (Å²) in [7, 11) is 1.86. The van der Waals surface area contributed by atoms with Gasteiger partial charge in [-0.2, -0.15) is 0 Å². The van der Waals surface area contributed by atoms with E-state index in [0.717, 1.165) is 24.0 Å². The van der Waals surface area contributed by atoms with Crippen molar-refractivity contribution in [1.29, 1.82) is 0 Å². The van der Waals surface area contributed by atoms with E-state index in [9.17, 15) is 4.79 Å². The number of hydrogen-bond acceptors (Lipinski definition) is 2. The van der Waals surface area contributed by atoms with Gasteiger partial charge in [0, 0.05) is 18.7 Å². The normalized spacial score (nSPS) is 13.7. The highest BCUT2D eigenvalue weighted by Crippen LogP contribution is 2.27. The van der Waals surface area contributed by atoms with Crippen LogP contribution in [0.4, 0.5) is 0 Å². The summed E-state index contributed by atoms with van der Waals surface area (Å²) in [4.78, 5) is 14.2. The highest BCUT2D eigenvalue weighted by molar-refractivity contribution is 5.97. The van der Waals surface area contributed by atoms with Crippen LogP contribution >= 0.6 is 0 Å². The lowest BCUT2D eigenvalue weighted by Gasteiger charge is -2.17. The van der Waals surface area contributed by atoms with Crippen LogP contribution in [0.25, 0.3) is 0 Å². The van der Waals surface area contributed by atoms with Crippen molar-refractivity contribution in [2.75, 3.05) is 13.6 Å². The average Bonchev–Trinajstić information content (AvgIpc) is 3.19. The second kappa shape index (κ2) is 5.24. The van der Waals surface area contributed by atoms with E-state index in [0.29, 0.717) is 18.2 Å². The third kappa shape index (κ3) is 2.72. The smallest absolute Gasteiger partial charge is 0.255 e. The molecule has 1 aliphatic carbocycles. The Morgan fingerprint density at radius 2 is 2.22 bits per heavy atom. The van der Waals surface area contributed by atoms with Crippen molar-refractivity contribution in [3.05, 3.63) is 34.9 Å². The van der Waals surface area contributed by atoms with E-state index in [1.807, 2.05) is 37.1 Å². The molecule has 1 saturated carbocycles. The molecule has 3 nitrogen and oxygen atoms in total. The fraction of sp³-hybridized carbons (Fsp3) is 0.400. The van der Waals surface area contributed by atoms with Crippen LogP contribution < -0.4 is 5.73 Å². The number of nitrogens with zero attached hydrogens (tertiary/aromatic N) is 1. The van der Waals surface area contributed by atoms with E-state index in [1.54, 1.807) is 0 Å². The van der Waals surface area contributed by atoms with Gasteiger partial charge in [-0.15, -0.1) is 0 Å². The maximum absolute atomic E-state index is 12.4. The van der Waals surface area contributed by atoms with Crippen LogP contribution in [0.15, 0.2) is 18.2 Å². The molecule has 94 valence electrons. The minimum atomic E-state index is 0.0579. The quantitative estimate of drug-likeness (QED) is 0.800. The van der Waals surface area contributed by atoms with Gasteiger partial charge < -0.3 is 10.6 Å². The molecule has 1 amide bonds. The molecule has 1 aromatic carbocycles. The number of amides is 1. The fourth-order valence-corrected chi connectivity index (χ4v) is 1.91. The Hall–Kier alpha value is -1.79. The first-order valence-electron chi connectivity index (χ1n) is 6.20. The molecule has 3 heteroatoms. The predicted octanol–water partition coefficient (Wildman–Crippen LogP) is 1.54. The number of aryl methyl sites for hydroxylation is 1. The van der Waals surface area contributed by atoms with Crippen LogP contribution in [-0.2, 0) is 0 Å². The molecule has 0 saturated heterocycles. The molecule has 18 heavy (non-hydrogen) atoms. The molecule has 2 rings (SSSR count). The summed E-state index contributed by atoms with van der Waals surface area (Å²) in [6.45, 7) is 2.29. The minimum Gasteiger partial charge on any atom is -0.339 e. The van der Waals surface area contributed by atoms with Crippen LogP contribution in [0.3, 0.4) is 0 Å². The monoisotopic (exact) mass is 242 g/mol. The van der Waals surface area contributed by atoms with E-state index >= 15 is 0 Å². The van der Waals surface area contributed by atoms with Gasteiger partial charge in [0.25, 0.3) is 5.91 Å². The lowest BCUT2D eigenvalue weighted by Crippen LogP contribution is -2.29. The molecule has 2 N–H and O–H groups in total. The molecule has 0 atom stereocenters. The Balaban J connectivity index is 2.34. The first-order chi connectivity index (χ1) is 8.63. The summed E-state index contributed by atoms with van der Waals surface area (Å²) in [5, 5.41) is 0. The van der Waals surface area contributed by atoms with Gasteiger partial charge in [0.1, 0.15) is 0 Å². The lowest BCUT2D eigenvalue weighted by atomic mass is 10.0. The number of nitrogens with two attached hydrogens (primary N) is 1. The third-order valence-electron chi connectivity index (χ3n) is 3.15. The predicted molar refractivity (Wildman–Crippen MR) is 72.2 cm³/mol. The number of carbonyl (C=O) groups excluding carboxylic acids is 1. The largest absolute Gasteiger partial charge is 0.339 e. The molecular formula is C15H18N2O. The molecule has 0 heterocycles. The van der Waals surface area contributed by atoms with Gasteiger partial charge in [0.2, 0.25) is 0 Å².